The van der Waals surface area contributed by atoms with Crippen molar-refractivity contribution < 1.29 is 23.1 Å². The maximum Gasteiger partial charge on any atom is 0.417 e. The van der Waals surface area contributed by atoms with Crippen molar-refractivity contribution in [2.75, 3.05) is 23.4 Å². The topological polar surface area (TPSA) is 87.5 Å². The van der Waals surface area contributed by atoms with Gasteiger partial charge in [0.2, 0.25) is 5.91 Å². The van der Waals surface area contributed by atoms with Crippen LogP contribution in [-0.2, 0) is 17.4 Å². The van der Waals surface area contributed by atoms with Crippen molar-refractivity contribution in [3.8, 4) is 5.75 Å². The highest BCUT2D eigenvalue weighted by molar-refractivity contribution is 6.35. The molecule has 1 fully saturated rings. The van der Waals surface area contributed by atoms with E-state index in [1.54, 1.807) is 17.0 Å². The highest BCUT2D eigenvalue weighted by atomic mass is 35.5. The molecule has 2 N–H and O–H groups in total. The molecule has 0 saturated carbocycles. The van der Waals surface area contributed by atoms with Gasteiger partial charge in [0.1, 0.15) is 11.6 Å². The van der Waals surface area contributed by atoms with Crippen LogP contribution in [0.4, 0.5) is 19.0 Å². The molecule has 37 heavy (non-hydrogen) atoms. The summed E-state index contributed by atoms with van der Waals surface area (Å²) in [4.78, 5) is 31.4. The molecular formula is C24H20Cl3F3N4O3. The van der Waals surface area contributed by atoms with E-state index in [9.17, 15) is 27.9 Å². The number of rotatable bonds is 5. The summed E-state index contributed by atoms with van der Waals surface area (Å²) >= 11 is 18.1. The molecule has 1 aromatic carbocycles. The molecule has 0 bridgehead atoms. The van der Waals surface area contributed by atoms with Crippen molar-refractivity contribution in [3.05, 3.63) is 84.8 Å². The summed E-state index contributed by atoms with van der Waals surface area (Å²) < 4.78 is 39.6. The Hall–Kier alpha value is -2.95. The Morgan fingerprint density at radius 3 is 2.43 bits per heavy atom. The molecular weight excluding hydrogens is 556 g/mol. The molecule has 4 rings (SSSR count). The molecule has 196 valence electrons. The zero-order valence-corrected chi connectivity index (χ0v) is 21.3. The summed E-state index contributed by atoms with van der Waals surface area (Å²) in [6.07, 6.45) is -1.81. The van der Waals surface area contributed by atoms with E-state index >= 15 is 0 Å². The number of piperidine rings is 1. The van der Waals surface area contributed by atoms with Gasteiger partial charge < -0.3 is 10.0 Å². The minimum absolute atomic E-state index is 0.0245. The van der Waals surface area contributed by atoms with E-state index in [4.69, 9.17) is 34.8 Å². The first-order valence-electron chi connectivity index (χ1n) is 11.1. The minimum atomic E-state index is -4.55. The molecule has 3 heterocycles. The molecule has 1 aliphatic rings. The number of aromatic hydroxyl groups is 1. The number of amides is 1. The smallest absolute Gasteiger partial charge is 0.417 e. The number of nitrogens with zero attached hydrogens (tertiary/aromatic N) is 3. The summed E-state index contributed by atoms with van der Waals surface area (Å²) in [5.41, 5.74) is 1.63. The van der Waals surface area contributed by atoms with Gasteiger partial charge >= 0.3 is 6.18 Å². The molecule has 0 spiro atoms. The lowest BCUT2D eigenvalue weighted by atomic mass is 9.96. The fraction of sp³-hybridized carbons (Fsp3) is 0.292. The van der Waals surface area contributed by atoms with E-state index in [-0.39, 0.29) is 28.6 Å². The van der Waals surface area contributed by atoms with Crippen LogP contribution in [0.3, 0.4) is 0 Å². The van der Waals surface area contributed by atoms with Gasteiger partial charge in [0.05, 0.1) is 16.1 Å². The van der Waals surface area contributed by atoms with Crippen molar-refractivity contribution in [2.45, 2.75) is 25.4 Å². The molecule has 13 heteroatoms. The van der Waals surface area contributed by atoms with Crippen molar-refractivity contribution in [1.29, 1.82) is 0 Å². The Balaban J connectivity index is 1.42. The van der Waals surface area contributed by atoms with Crippen LogP contribution in [0.25, 0.3) is 0 Å². The molecule has 0 atom stereocenters. The van der Waals surface area contributed by atoms with Crippen molar-refractivity contribution in [1.82, 2.24) is 9.66 Å². The Morgan fingerprint density at radius 1 is 1.11 bits per heavy atom. The van der Waals surface area contributed by atoms with Gasteiger partial charge in [-0.05, 0) is 42.7 Å². The van der Waals surface area contributed by atoms with Gasteiger partial charge in [-0.25, -0.2) is 9.66 Å². The number of hydrogen-bond acceptors (Lipinski definition) is 5. The van der Waals surface area contributed by atoms with E-state index in [2.05, 4.69) is 10.4 Å². The third kappa shape index (κ3) is 6.14. The second-order valence-electron chi connectivity index (χ2n) is 8.53. The summed E-state index contributed by atoms with van der Waals surface area (Å²) in [5.74, 6) is -0.891. The number of anilines is 1. The largest absolute Gasteiger partial charge is 0.507 e. The van der Waals surface area contributed by atoms with Gasteiger partial charge in [0.15, 0.2) is 0 Å². The zero-order chi connectivity index (χ0) is 26.9. The van der Waals surface area contributed by atoms with Crippen LogP contribution in [0.15, 0.2) is 47.5 Å². The number of carbonyl (C=O) groups excluding carboxylic acids is 1. The monoisotopic (exact) mass is 574 g/mol. The van der Waals surface area contributed by atoms with Crippen LogP contribution >= 0.6 is 34.8 Å². The Labute approximate surface area is 224 Å². The summed E-state index contributed by atoms with van der Waals surface area (Å²) in [7, 11) is 0. The second-order valence-corrected chi connectivity index (χ2v) is 9.78. The van der Waals surface area contributed by atoms with Crippen LogP contribution in [-0.4, -0.2) is 33.8 Å². The number of halogens is 6. The lowest BCUT2D eigenvalue weighted by Gasteiger charge is -2.32. The predicted octanol–water partition coefficient (Wildman–Crippen LogP) is 5.51. The highest BCUT2D eigenvalue weighted by Crippen LogP contribution is 2.34. The molecule has 1 amide bonds. The molecule has 1 aliphatic heterocycles. The number of nitrogens with one attached hydrogen (secondary N) is 1. The number of hydrogen-bond donors (Lipinski definition) is 2. The fourth-order valence-corrected chi connectivity index (χ4v) is 4.82. The first-order valence-corrected chi connectivity index (χ1v) is 12.2. The lowest BCUT2D eigenvalue weighted by molar-refractivity contribution is -0.137. The number of carbonyl (C=O) groups is 1. The lowest BCUT2D eigenvalue weighted by Crippen LogP contribution is -2.42. The number of aromatic nitrogens is 2. The van der Waals surface area contributed by atoms with Crippen molar-refractivity contribution in [2.24, 2.45) is 5.92 Å². The molecule has 1 saturated heterocycles. The first kappa shape index (κ1) is 27.1. The van der Waals surface area contributed by atoms with Gasteiger partial charge in [-0.1, -0.05) is 40.9 Å². The molecule has 3 aromatic rings. The molecule has 2 aromatic heterocycles. The first-order chi connectivity index (χ1) is 17.4. The third-order valence-corrected chi connectivity index (χ3v) is 6.96. The maximum absolute atomic E-state index is 13.0. The number of pyridine rings is 2. The Morgan fingerprint density at radius 2 is 1.81 bits per heavy atom. The Bertz CT molecular complexity index is 1390. The van der Waals surface area contributed by atoms with Crippen LogP contribution in [0, 0.1) is 5.92 Å². The van der Waals surface area contributed by atoms with Crippen molar-refractivity contribution in [3.63, 3.8) is 0 Å². The number of alkyl halides is 3. The van der Waals surface area contributed by atoms with Crippen molar-refractivity contribution >= 4 is 46.5 Å². The predicted molar refractivity (Wildman–Crippen MR) is 135 cm³/mol. The SMILES string of the molecule is O=C(Nn1ccc(O)c(Cc2ccc(Cl)cc2Cl)c1=O)C1CCN(c2ncc(C(F)(F)F)cc2Cl)CC1. The van der Waals surface area contributed by atoms with Crippen LogP contribution in [0.5, 0.6) is 5.75 Å². The summed E-state index contributed by atoms with van der Waals surface area (Å²) in [6.45, 7) is 0.669. The molecule has 7 nitrogen and oxygen atoms in total. The maximum atomic E-state index is 13.0. The molecule has 0 radical (unpaired) electrons. The molecule has 0 unspecified atom stereocenters. The van der Waals surface area contributed by atoms with Gasteiger partial charge in [-0.15, -0.1) is 0 Å². The van der Waals surface area contributed by atoms with E-state index < -0.39 is 29.1 Å². The fourth-order valence-electron chi connectivity index (χ4n) is 4.06. The minimum Gasteiger partial charge on any atom is -0.507 e. The molecule has 0 aliphatic carbocycles. The van der Waals surface area contributed by atoms with Gasteiger partial charge in [-0.2, -0.15) is 13.2 Å². The second kappa shape index (κ2) is 10.8. The normalized spacial score (nSPS) is 14.6. The van der Waals surface area contributed by atoms with Crippen LogP contribution in [0.2, 0.25) is 15.1 Å². The van der Waals surface area contributed by atoms with Crippen LogP contribution < -0.4 is 15.9 Å². The summed E-state index contributed by atoms with van der Waals surface area (Å²) in [6, 6.07) is 6.91. The zero-order valence-electron chi connectivity index (χ0n) is 19.0. The third-order valence-electron chi connectivity index (χ3n) is 6.09. The van der Waals surface area contributed by atoms with Crippen LogP contribution in [0.1, 0.15) is 29.5 Å². The van der Waals surface area contributed by atoms with Gasteiger partial charge in [0.25, 0.3) is 5.56 Å². The van der Waals surface area contributed by atoms with E-state index in [0.717, 1.165) is 16.9 Å². The number of benzene rings is 1. The van der Waals surface area contributed by atoms with E-state index in [1.807, 2.05) is 0 Å². The highest BCUT2D eigenvalue weighted by Gasteiger charge is 2.33. The average molecular weight is 576 g/mol. The van der Waals surface area contributed by atoms with E-state index in [0.29, 0.717) is 41.5 Å². The summed E-state index contributed by atoms with van der Waals surface area (Å²) in [5, 5.41) is 10.9. The Kier molecular flexibility index (Phi) is 7.91. The standard InChI is InChI=1S/C24H20Cl3F3N4O3/c25-16-2-1-14(18(26)11-16)9-17-20(35)5-8-34(23(17)37)32-22(36)13-3-6-33(7-4-13)21-19(27)10-15(12-31-21)24(28,29)30/h1-2,5,8,10-13,35H,3-4,6-7,9H2,(H,32,36). The van der Waals surface area contributed by atoms with Gasteiger partial charge in [0, 0.05) is 47.9 Å². The van der Waals surface area contributed by atoms with E-state index in [1.165, 1.54) is 18.3 Å². The quantitative estimate of drug-likeness (QED) is 0.419. The van der Waals surface area contributed by atoms with Gasteiger partial charge in [-0.3, -0.25) is 15.0 Å². The average Bonchev–Trinajstić information content (AvgIpc) is 2.84.